The zero-order chi connectivity index (χ0) is 19.2. The number of nitrogens with zero attached hydrogens (tertiary/aromatic N) is 1. The fraction of sp³-hybridized carbons (Fsp3) is 0.381. The number of primary amides is 1. The van der Waals surface area contributed by atoms with E-state index in [4.69, 9.17) is 5.73 Å². The van der Waals surface area contributed by atoms with E-state index in [1.54, 1.807) is 4.90 Å². The standard InChI is InChI=1S/C21H25N3O3/c22-19(25)12-15-8-10-24(11-9-15)21(27)14-23-20(26)13-17-6-3-5-16-4-1-2-7-18(16)17/h1-7,15H,8-14H2,(H2,22,25)(H,23,26). The van der Waals surface area contributed by atoms with E-state index in [-0.39, 0.29) is 36.6 Å². The van der Waals surface area contributed by atoms with Gasteiger partial charge in [-0.05, 0) is 35.1 Å². The van der Waals surface area contributed by atoms with Gasteiger partial charge in [-0.2, -0.15) is 0 Å². The maximum atomic E-state index is 12.3. The van der Waals surface area contributed by atoms with Gasteiger partial charge in [0.2, 0.25) is 17.7 Å². The first-order valence-corrected chi connectivity index (χ1v) is 9.32. The van der Waals surface area contributed by atoms with Crippen LogP contribution in [0.25, 0.3) is 10.8 Å². The lowest BCUT2D eigenvalue weighted by Gasteiger charge is -2.31. The average molecular weight is 367 g/mol. The van der Waals surface area contributed by atoms with Crippen molar-refractivity contribution in [3.8, 4) is 0 Å². The number of amides is 3. The van der Waals surface area contributed by atoms with Crippen molar-refractivity contribution in [3.63, 3.8) is 0 Å². The third kappa shape index (κ3) is 5.06. The van der Waals surface area contributed by atoms with Gasteiger partial charge in [-0.1, -0.05) is 42.5 Å². The quantitative estimate of drug-likeness (QED) is 0.812. The molecule has 27 heavy (non-hydrogen) atoms. The molecule has 2 aromatic rings. The van der Waals surface area contributed by atoms with E-state index in [0.717, 1.165) is 29.2 Å². The number of piperidine rings is 1. The lowest BCUT2D eigenvalue weighted by Crippen LogP contribution is -2.44. The SMILES string of the molecule is NC(=O)CC1CCN(C(=O)CNC(=O)Cc2cccc3ccccc23)CC1. The Morgan fingerprint density at radius 2 is 1.74 bits per heavy atom. The minimum absolute atomic E-state index is 0.00405. The minimum Gasteiger partial charge on any atom is -0.370 e. The number of rotatable bonds is 6. The fourth-order valence-corrected chi connectivity index (χ4v) is 3.64. The molecular weight excluding hydrogens is 342 g/mol. The Morgan fingerprint density at radius 1 is 1.04 bits per heavy atom. The Labute approximate surface area is 158 Å². The number of carbonyl (C=O) groups is 3. The van der Waals surface area contributed by atoms with Crippen LogP contribution in [-0.4, -0.2) is 42.3 Å². The molecule has 6 heteroatoms. The first-order valence-electron chi connectivity index (χ1n) is 9.32. The molecule has 0 radical (unpaired) electrons. The van der Waals surface area contributed by atoms with Crippen molar-refractivity contribution in [2.75, 3.05) is 19.6 Å². The number of nitrogens with two attached hydrogens (primary N) is 1. The molecule has 3 rings (SSSR count). The van der Waals surface area contributed by atoms with Gasteiger partial charge < -0.3 is 16.0 Å². The molecule has 0 aromatic heterocycles. The van der Waals surface area contributed by atoms with E-state index in [1.165, 1.54) is 0 Å². The van der Waals surface area contributed by atoms with E-state index in [1.807, 2.05) is 42.5 Å². The molecule has 1 heterocycles. The zero-order valence-corrected chi connectivity index (χ0v) is 15.3. The molecule has 1 saturated heterocycles. The molecule has 3 N–H and O–H groups in total. The van der Waals surface area contributed by atoms with Crippen LogP contribution in [0.3, 0.4) is 0 Å². The molecule has 0 unspecified atom stereocenters. The minimum atomic E-state index is -0.291. The van der Waals surface area contributed by atoms with Gasteiger partial charge >= 0.3 is 0 Å². The third-order valence-corrected chi connectivity index (χ3v) is 5.12. The predicted molar refractivity (Wildman–Crippen MR) is 104 cm³/mol. The summed E-state index contributed by atoms with van der Waals surface area (Å²) < 4.78 is 0. The van der Waals surface area contributed by atoms with Crippen molar-refractivity contribution in [2.24, 2.45) is 11.7 Å². The van der Waals surface area contributed by atoms with Crippen molar-refractivity contribution < 1.29 is 14.4 Å². The molecule has 0 spiro atoms. The van der Waals surface area contributed by atoms with Crippen molar-refractivity contribution in [1.82, 2.24) is 10.2 Å². The van der Waals surface area contributed by atoms with Crippen LogP contribution in [-0.2, 0) is 20.8 Å². The first-order chi connectivity index (χ1) is 13.0. The second-order valence-electron chi connectivity index (χ2n) is 7.09. The monoisotopic (exact) mass is 367 g/mol. The van der Waals surface area contributed by atoms with Crippen molar-refractivity contribution in [1.29, 1.82) is 0 Å². The van der Waals surface area contributed by atoms with E-state index < -0.39 is 0 Å². The van der Waals surface area contributed by atoms with Crippen LogP contribution in [0.2, 0.25) is 0 Å². The van der Waals surface area contributed by atoms with Gasteiger partial charge in [0.25, 0.3) is 0 Å². The molecule has 0 atom stereocenters. The second kappa shape index (κ2) is 8.66. The van der Waals surface area contributed by atoms with Crippen LogP contribution in [0.5, 0.6) is 0 Å². The van der Waals surface area contributed by atoms with Gasteiger partial charge in [0, 0.05) is 19.5 Å². The predicted octanol–water partition coefficient (Wildman–Crippen LogP) is 1.61. The van der Waals surface area contributed by atoms with Crippen LogP contribution in [0.4, 0.5) is 0 Å². The molecule has 1 aliphatic heterocycles. The summed E-state index contributed by atoms with van der Waals surface area (Å²) in [4.78, 5) is 37.3. The highest BCUT2D eigenvalue weighted by Crippen LogP contribution is 2.20. The normalized spacial score (nSPS) is 14.9. The smallest absolute Gasteiger partial charge is 0.241 e. The lowest BCUT2D eigenvalue weighted by molar-refractivity contribution is -0.134. The summed E-state index contributed by atoms with van der Waals surface area (Å²) in [5.74, 6) is -0.282. The Bertz CT molecular complexity index is 836. The lowest BCUT2D eigenvalue weighted by atomic mass is 9.93. The Balaban J connectivity index is 1.48. The topological polar surface area (TPSA) is 92.5 Å². The van der Waals surface area contributed by atoms with E-state index in [9.17, 15) is 14.4 Å². The van der Waals surface area contributed by atoms with Gasteiger partial charge in [-0.3, -0.25) is 14.4 Å². The van der Waals surface area contributed by atoms with Crippen molar-refractivity contribution in [2.45, 2.75) is 25.7 Å². The molecule has 0 bridgehead atoms. The molecule has 1 fully saturated rings. The van der Waals surface area contributed by atoms with Crippen molar-refractivity contribution >= 4 is 28.5 Å². The molecule has 142 valence electrons. The van der Waals surface area contributed by atoms with Gasteiger partial charge in [0.1, 0.15) is 0 Å². The average Bonchev–Trinajstić information content (AvgIpc) is 2.66. The van der Waals surface area contributed by atoms with Gasteiger partial charge in [0.15, 0.2) is 0 Å². The largest absolute Gasteiger partial charge is 0.370 e. The summed E-state index contributed by atoms with van der Waals surface area (Å²) in [7, 11) is 0. The molecule has 6 nitrogen and oxygen atoms in total. The number of benzene rings is 2. The Kier molecular flexibility index (Phi) is 6.06. The third-order valence-electron chi connectivity index (χ3n) is 5.12. The maximum absolute atomic E-state index is 12.3. The van der Waals surface area contributed by atoms with Gasteiger partial charge in [-0.25, -0.2) is 0 Å². The zero-order valence-electron chi connectivity index (χ0n) is 15.3. The van der Waals surface area contributed by atoms with E-state index in [0.29, 0.717) is 19.5 Å². The number of fused-ring (bicyclic) bond motifs is 1. The van der Waals surface area contributed by atoms with Crippen LogP contribution in [0, 0.1) is 5.92 Å². The summed E-state index contributed by atoms with van der Waals surface area (Å²) in [6.07, 6.45) is 2.18. The van der Waals surface area contributed by atoms with E-state index in [2.05, 4.69) is 5.32 Å². The Morgan fingerprint density at radius 3 is 2.48 bits per heavy atom. The maximum Gasteiger partial charge on any atom is 0.241 e. The summed E-state index contributed by atoms with van der Waals surface area (Å²) in [6.45, 7) is 1.22. The van der Waals surface area contributed by atoms with Crippen LogP contribution < -0.4 is 11.1 Å². The molecule has 0 aliphatic carbocycles. The highest BCUT2D eigenvalue weighted by molar-refractivity contribution is 5.91. The summed E-state index contributed by atoms with van der Waals surface area (Å²) >= 11 is 0. The fourth-order valence-electron chi connectivity index (χ4n) is 3.64. The number of carbonyl (C=O) groups excluding carboxylic acids is 3. The molecule has 0 saturated carbocycles. The van der Waals surface area contributed by atoms with Gasteiger partial charge in [-0.15, -0.1) is 0 Å². The summed E-state index contributed by atoms with van der Waals surface area (Å²) in [5, 5.41) is 4.88. The van der Waals surface area contributed by atoms with E-state index >= 15 is 0 Å². The number of hydrogen-bond donors (Lipinski definition) is 2. The highest BCUT2D eigenvalue weighted by atomic mass is 16.2. The molecule has 3 amide bonds. The molecule has 2 aromatic carbocycles. The molecular formula is C21H25N3O3. The summed E-state index contributed by atoms with van der Waals surface area (Å²) in [6, 6.07) is 13.8. The van der Waals surface area contributed by atoms with Crippen LogP contribution in [0.15, 0.2) is 42.5 Å². The second-order valence-corrected chi connectivity index (χ2v) is 7.09. The van der Waals surface area contributed by atoms with Crippen LogP contribution >= 0.6 is 0 Å². The first kappa shape index (κ1) is 18.9. The number of hydrogen-bond acceptors (Lipinski definition) is 3. The number of nitrogens with one attached hydrogen (secondary N) is 1. The molecule has 1 aliphatic rings. The van der Waals surface area contributed by atoms with Gasteiger partial charge in [0.05, 0.1) is 13.0 Å². The Hall–Kier alpha value is -2.89. The highest BCUT2D eigenvalue weighted by Gasteiger charge is 2.23. The van der Waals surface area contributed by atoms with Crippen molar-refractivity contribution in [3.05, 3.63) is 48.0 Å². The summed E-state index contributed by atoms with van der Waals surface area (Å²) in [5.41, 5.74) is 6.18. The number of likely N-dealkylation sites (tertiary alicyclic amines) is 1. The van der Waals surface area contributed by atoms with Crippen LogP contribution in [0.1, 0.15) is 24.8 Å².